The fourth-order valence-electron chi connectivity index (χ4n) is 1.28. The summed E-state index contributed by atoms with van der Waals surface area (Å²) in [4.78, 5) is 11.5. The van der Waals surface area contributed by atoms with Crippen LogP contribution in [0.2, 0.25) is 0 Å². The van der Waals surface area contributed by atoms with Crippen molar-refractivity contribution < 1.29 is 13.9 Å². The molecule has 0 aliphatic carbocycles. The molecule has 0 unspecified atom stereocenters. The van der Waals surface area contributed by atoms with Crippen LogP contribution in [-0.2, 0) is 4.79 Å². The van der Waals surface area contributed by atoms with Crippen LogP contribution in [0.25, 0.3) is 0 Å². The van der Waals surface area contributed by atoms with Gasteiger partial charge >= 0.3 is 0 Å². The number of hydrazone groups is 1. The van der Waals surface area contributed by atoms with Gasteiger partial charge in [0.25, 0.3) is 5.91 Å². The normalized spacial score (nSPS) is 10.7. The summed E-state index contributed by atoms with van der Waals surface area (Å²) >= 11 is 6.49. The Morgan fingerprint density at radius 1 is 1.25 bits per heavy atom. The van der Waals surface area contributed by atoms with Gasteiger partial charge in [-0.25, -0.2) is 5.43 Å². The Morgan fingerprint density at radius 2 is 2.00 bits per heavy atom. The van der Waals surface area contributed by atoms with E-state index in [1.54, 1.807) is 24.3 Å². The molecule has 0 fully saturated rings. The fourth-order valence-corrected chi connectivity index (χ4v) is 1.86. The SMILES string of the molecule is O=C(COc1ccc(Br)cc1)NN=Cc1ccc(Br)o1. The van der Waals surface area contributed by atoms with Gasteiger partial charge in [-0.15, -0.1) is 0 Å². The van der Waals surface area contributed by atoms with Crippen LogP contribution in [0, 0.1) is 0 Å². The molecule has 2 aromatic rings. The molecular formula is C13H10Br2N2O3. The highest BCUT2D eigenvalue weighted by atomic mass is 79.9. The summed E-state index contributed by atoms with van der Waals surface area (Å²) in [6.45, 7) is -0.110. The summed E-state index contributed by atoms with van der Waals surface area (Å²) in [6, 6.07) is 10.7. The van der Waals surface area contributed by atoms with Gasteiger partial charge in [-0.05, 0) is 52.3 Å². The Bertz CT molecular complexity index is 608. The molecule has 7 heteroatoms. The van der Waals surface area contributed by atoms with Crippen LogP contribution >= 0.6 is 31.9 Å². The van der Waals surface area contributed by atoms with Crippen LogP contribution in [0.1, 0.15) is 5.76 Å². The second-order valence-electron chi connectivity index (χ2n) is 3.68. The minimum atomic E-state index is -0.352. The molecule has 0 aliphatic rings. The van der Waals surface area contributed by atoms with E-state index in [0.29, 0.717) is 16.2 Å². The van der Waals surface area contributed by atoms with Crippen LogP contribution in [-0.4, -0.2) is 18.7 Å². The van der Waals surface area contributed by atoms with E-state index in [1.807, 2.05) is 12.1 Å². The second kappa shape index (κ2) is 7.25. The van der Waals surface area contributed by atoms with E-state index in [1.165, 1.54) is 6.21 Å². The summed E-state index contributed by atoms with van der Waals surface area (Å²) in [7, 11) is 0. The molecule has 0 aliphatic heterocycles. The summed E-state index contributed by atoms with van der Waals surface area (Å²) in [5.74, 6) is 0.795. The molecule has 0 spiro atoms. The van der Waals surface area contributed by atoms with E-state index in [2.05, 4.69) is 42.4 Å². The zero-order valence-corrected chi connectivity index (χ0v) is 13.3. The maximum Gasteiger partial charge on any atom is 0.277 e. The standard InChI is InChI=1S/C13H10Br2N2O3/c14-9-1-3-10(4-2-9)19-8-13(18)17-16-7-11-5-6-12(15)20-11/h1-7H,8H2,(H,17,18). The first kappa shape index (κ1) is 14.8. The molecule has 20 heavy (non-hydrogen) atoms. The van der Waals surface area contributed by atoms with E-state index in [0.717, 1.165) is 4.47 Å². The Hall–Kier alpha value is -1.60. The number of halogens is 2. The lowest BCUT2D eigenvalue weighted by Gasteiger charge is -2.04. The molecule has 1 amide bonds. The third-order valence-electron chi connectivity index (χ3n) is 2.16. The predicted molar refractivity (Wildman–Crippen MR) is 81.8 cm³/mol. The zero-order valence-electron chi connectivity index (χ0n) is 10.2. The average Bonchev–Trinajstić information content (AvgIpc) is 2.84. The van der Waals surface area contributed by atoms with E-state index < -0.39 is 0 Å². The van der Waals surface area contributed by atoms with Gasteiger partial charge in [0.05, 0.1) is 6.21 Å². The van der Waals surface area contributed by atoms with Gasteiger partial charge in [0, 0.05) is 4.47 Å². The first-order valence-corrected chi connectivity index (χ1v) is 7.18. The van der Waals surface area contributed by atoms with Gasteiger partial charge in [-0.1, -0.05) is 15.9 Å². The number of furan rings is 1. The topological polar surface area (TPSA) is 63.8 Å². The zero-order chi connectivity index (χ0) is 14.4. The number of nitrogens with zero attached hydrogens (tertiary/aromatic N) is 1. The molecule has 1 heterocycles. The first-order valence-electron chi connectivity index (χ1n) is 5.59. The highest BCUT2D eigenvalue weighted by Gasteiger charge is 2.01. The van der Waals surface area contributed by atoms with Crippen molar-refractivity contribution >= 4 is 44.0 Å². The smallest absolute Gasteiger partial charge is 0.277 e. The quantitative estimate of drug-likeness (QED) is 0.617. The highest BCUT2D eigenvalue weighted by molar-refractivity contribution is 9.10. The number of amides is 1. The van der Waals surface area contributed by atoms with Gasteiger partial charge in [0.15, 0.2) is 11.3 Å². The molecule has 0 radical (unpaired) electrons. The lowest BCUT2D eigenvalue weighted by Crippen LogP contribution is -2.24. The lowest BCUT2D eigenvalue weighted by atomic mass is 10.3. The van der Waals surface area contributed by atoms with E-state index >= 15 is 0 Å². The number of nitrogens with one attached hydrogen (secondary N) is 1. The van der Waals surface area contributed by atoms with Crippen molar-refractivity contribution in [1.29, 1.82) is 0 Å². The van der Waals surface area contributed by atoms with Crippen molar-refractivity contribution in [2.45, 2.75) is 0 Å². The minimum absolute atomic E-state index is 0.110. The first-order chi connectivity index (χ1) is 9.63. The van der Waals surface area contributed by atoms with Crippen LogP contribution in [0.5, 0.6) is 5.75 Å². The van der Waals surface area contributed by atoms with Crippen molar-refractivity contribution in [1.82, 2.24) is 5.43 Å². The van der Waals surface area contributed by atoms with Crippen LogP contribution in [0.3, 0.4) is 0 Å². The van der Waals surface area contributed by atoms with Crippen molar-refractivity contribution in [3.8, 4) is 5.75 Å². The Labute approximate surface area is 132 Å². The molecule has 1 N–H and O–H groups in total. The van der Waals surface area contributed by atoms with Gasteiger partial charge < -0.3 is 9.15 Å². The molecule has 1 aromatic heterocycles. The molecule has 0 atom stereocenters. The number of carbonyl (C=O) groups excluding carboxylic acids is 1. The number of rotatable bonds is 5. The Balaban J connectivity index is 1.75. The summed E-state index contributed by atoms with van der Waals surface area (Å²) in [5, 5.41) is 3.75. The molecule has 0 saturated carbocycles. The number of hydrogen-bond donors (Lipinski definition) is 1. The highest BCUT2D eigenvalue weighted by Crippen LogP contribution is 2.15. The Morgan fingerprint density at radius 3 is 2.65 bits per heavy atom. The fraction of sp³-hybridized carbons (Fsp3) is 0.0769. The van der Waals surface area contributed by atoms with Crippen molar-refractivity contribution in [2.24, 2.45) is 5.10 Å². The van der Waals surface area contributed by atoms with E-state index in [4.69, 9.17) is 9.15 Å². The van der Waals surface area contributed by atoms with Crippen molar-refractivity contribution in [3.63, 3.8) is 0 Å². The van der Waals surface area contributed by atoms with Gasteiger partial charge in [-0.3, -0.25) is 4.79 Å². The predicted octanol–water partition coefficient (Wildman–Crippen LogP) is 3.33. The minimum Gasteiger partial charge on any atom is -0.484 e. The van der Waals surface area contributed by atoms with Crippen molar-refractivity contribution in [2.75, 3.05) is 6.61 Å². The summed E-state index contributed by atoms with van der Waals surface area (Å²) in [6.07, 6.45) is 1.41. The molecule has 1 aromatic carbocycles. The average molecular weight is 402 g/mol. The van der Waals surface area contributed by atoms with Gasteiger partial charge in [0.1, 0.15) is 11.5 Å². The van der Waals surface area contributed by atoms with Crippen LogP contribution in [0.4, 0.5) is 0 Å². The molecule has 104 valence electrons. The lowest BCUT2D eigenvalue weighted by molar-refractivity contribution is -0.123. The third kappa shape index (κ3) is 4.82. The largest absolute Gasteiger partial charge is 0.484 e. The van der Waals surface area contributed by atoms with Crippen LogP contribution < -0.4 is 10.2 Å². The van der Waals surface area contributed by atoms with Crippen molar-refractivity contribution in [3.05, 3.63) is 51.3 Å². The van der Waals surface area contributed by atoms with E-state index in [9.17, 15) is 4.79 Å². The third-order valence-corrected chi connectivity index (χ3v) is 3.11. The van der Waals surface area contributed by atoms with E-state index in [-0.39, 0.29) is 12.5 Å². The number of benzene rings is 1. The Kier molecular flexibility index (Phi) is 5.37. The molecule has 5 nitrogen and oxygen atoms in total. The van der Waals surface area contributed by atoms with Crippen LogP contribution in [0.15, 0.2) is 55.1 Å². The summed E-state index contributed by atoms with van der Waals surface area (Å²) < 4.78 is 12.0. The molecule has 2 rings (SSSR count). The monoisotopic (exact) mass is 400 g/mol. The molecule has 0 bridgehead atoms. The van der Waals surface area contributed by atoms with Gasteiger partial charge in [0.2, 0.25) is 0 Å². The summed E-state index contributed by atoms with van der Waals surface area (Å²) in [5.41, 5.74) is 2.34. The number of ether oxygens (including phenoxy) is 1. The van der Waals surface area contributed by atoms with Gasteiger partial charge in [-0.2, -0.15) is 5.10 Å². The molecular weight excluding hydrogens is 392 g/mol. The maximum atomic E-state index is 11.5. The molecule has 0 saturated heterocycles. The maximum absolute atomic E-state index is 11.5. The number of carbonyl (C=O) groups is 1. The second-order valence-corrected chi connectivity index (χ2v) is 5.37. The number of hydrogen-bond acceptors (Lipinski definition) is 4.